The molecule has 1 amide bonds. The van der Waals surface area contributed by atoms with Gasteiger partial charge in [0.1, 0.15) is 0 Å². The van der Waals surface area contributed by atoms with Crippen LogP contribution in [0, 0.1) is 13.8 Å². The maximum Gasteiger partial charge on any atom is 0.271 e. The lowest BCUT2D eigenvalue weighted by Crippen LogP contribution is -2.45. The zero-order chi connectivity index (χ0) is 25.3. The van der Waals surface area contributed by atoms with Gasteiger partial charge >= 0.3 is 0 Å². The molecule has 1 N–H and O–H groups in total. The van der Waals surface area contributed by atoms with Crippen molar-refractivity contribution in [1.29, 1.82) is 0 Å². The van der Waals surface area contributed by atoms with Crippen molar-refractivity contribution in [3.05, 3.63) is 87.7 Å². The van der Waals surface area contributed by atoms with Gasteiger partial charge in [0, 0.05) is 46.0 Å². The minimum absolute atomic E-state index is 0.0751. The topological polar surface area (TPSA) is 49.6 Å². The van der Waals surface area contributed by atoms with E-state index in [0.717, 1.165) is 46.9 Å². The lowest BCUT2D eigenvalue weighted by Gasteiger charge is -2.43. The Labute approximate surface area is 213 Å². The average Bonchev–Trinajstić information content (AvgIpc) is 3.15. The number of allylic oxidation sites excluding steroid dienone is 1. The maximum absolute atomic E-state index is 12.6. The largest absolute Gasteiger partial charge is 0.362 e. The van der Waals surface area contributed by atoms with Crippen LogP contribution in [0.1, 0.15) is 67.0 Å². The highest BCUT2D eigenvalue weighted by Crippen LogP contribution is 2.41. The van der Waals surface area contributed by atoms with E-state index in [1.54, 1.807) is 6.21 Å². The number of amides is 1. The van der Waals surface area contributed by atoms with E-state index in [1.165, 1.54) is 5.57 Å². The van der Waals surface area contributed by atoms with Gasteiger partial charge in [-0.3, -0.25) is 4.79 Å². The molecule has 0 unspecified atom stereocenters. The third kappa shape index (κ3) is 4.92. The van der Waals surface area contributed by atoms with Gasteiger partial charge in [0.25, 0.3) is 5.91 Å². The summed E-state index contributed by atoms with van der Waals surface area (Å²) >= 11 is 6.64. The van der Waals surface area contributed by atoms with Gasteiger partial charge in [0.2, 0.25) is 0 Å². The zero-order valence-electron chi connectivity index (χ0n) is 21.3. The van der Waals surface area contributed by atoms with Crippen molar-refractivity contribution >= 4 is 35.0 Å². The monoisotopic (exact) mass is 488 g/mol. The summed E-state index contributed by atoms with van der Waals surface area (Å²) in [6.45, 7) is 13.8. The number of aryl methyl sites for hydroxylation is 2. The normalized spacial score (nSPS) is 14.7. The fourth-order valence-electron chi connectivity index (χ4n) is 4.91. The van der Waals surface area contributed by atoms with Crippen LogP contribution in [0.25, 0.3) is 11.3 Å². The third-order valence-corrected chi connectivity index (χ3v) is 6.90. The first-order valence-corrected chi connectivity index (χ1v) is 12.4. The Bertz CT molecular complexity index is 1300. The minimum Gasteiger partial charge on any atom is -0.362 e. The highest BCUT2D eigenvalue weighted by Gasteiger charge is 2.31. The number of hydrogen-bond donors (Lipinski definition) is 1. The Hall–Kier alpha value is -3.31. The Morgan fingerprint density at radius 1 is 1.06 bits per heavy atom. The Morgan fingerprint density at radius 3 is 2.34 bits per heavy atom. The van der Waals surface area contributed by atoms with Crippen LogP contribution in [0.15, 0.2) is 59.7 Å². The van der Waals surface area contributed by atoms with Crippen LogP contribution < -0.4 is 10.3 Å². The molecule has 35 heavy (non-hydrogen) atoms. The minimum atomic E-state index is -0.269. The number of anilines is 1. The van der Waals surface area contributed by atoms with Gasteiger partial charge in [-0.1, -0.05) is 24.6 Å². The molecule has 0 spiro atoms. The second kappa shape index (κ2) is 9.74. The van der Waals surface area contributed by atoms with Crippen LogP contribution in [0.2, 0.25) is 5.02 Å². The van der Waals surface area contributed by atoms with E-state index >= 15 is 0 Å². The Kier molecular flexibility index (Phi) is 6.91. The van der Waals surface area contributed by atoms with E-state index in [4.69, 9.17) is 11.6 Å². The first kappa shape index (κ1) is 24.8. The SMILES string of the molecule is CCCN1c2cc(Cl)c(/C=N\NC(=O)c3ccc(-n4c(C)ccc4C)cc3)cc2C(C)=CC1(C)C. The molecule has 0 bridgehead atoms. The Balaban J connectivity index is 1.51. The van der Waals surface area contributed by atoms with Gasteiger partial charge in [0.15, 0.2) is 0 Å². The maximum atomic E-state index is 12.6. The number of nitrogens with zero attached hydrogens (tertiary/aromatic N) is 3. The molecule has 0 atom stereocenters. The van der Waals surface area contributed by atoms with Gasteiger partial charge in [-0.05, 0) is 95.1 Å². The Morgan fingerprint density at radius 2 is 1.71 bits per heavy atom. The summed E-state index contributed by atoms with van der Waals surface area (Å²) in [5.41, 5.74) is 10.7. The summed E-state index contributed by atoms with van der Waals surface area (Å²) in [5.74, 6) is -0.269. The predicted molar refractivity (Wildman–Crippen MR) is 147 cm³/mol. The van der Waals surface area contributed by atoms with Crippen molar-refractivity contribution in [2.75, 3.05) is 11.4 Å². The number of benzene rings is 2. The summed E-state index contributed by atoms with van der Waals surface area (Å²) in [5, 5.41) is 4.80. The molecule has 6 heteroatoms. The smallest absolute Gasteiger partial charge is 0.271 e. The highest BCUT2D eigenvalue weighted by molar-refractivity contribution is 6.33. The summed E-state index contributed by atoms with van der Waals surface area (Å²) in [6.07, 6.45) is 4.95. The molecule has 3 aromatic rings. The van der Waals surface area contributed by atoms with Crippen LogP contribution in [-0.4, -0.2) is 28.8 Å². The quantitative estimate of drug-likeness (QED) is 0.302. The van der Waals surface area contributed by atoms with Crippen molar-refractivity contribution in [3.63, 3.8) is 0 Å². The number of carbonyl (C=O) groups is 1. The van der Waals surface area contributed by atoms with Crippen LogP contribution in [0.5, 0.6) is 0 Å². The van der Waals surface area contributed by atoms with E-state index in [1.807, 2.05) is 36.4 Å². The number of carbonyl (C=O) groups excluding carboxylic acids is 1. The fourth-order valence-corrected chi connectivity index (χ4v) is 5.12. The lowest BCUT2D eigenvalue weighted by molar-refractivity contribution is 0.0955. The van der Waals surface area contributed by atoms with E-state index in [9.17, 15) is 4.79 Å². The first-order valence-electron chi connectivity index (χ1n) is 12.0. The molecule has 0 saturated carbocycles. The van der Waals surface area contributed by atoms with Crippen LogP contribution in [0.3, 0.4) is 0 Å². The summed E-state index contributed by atoms with van der Waals surface area (Å²) < 4.78 is 2.15. The van der Waals surface area contributed by atoms with Crippen molar-refractivity contribution < 1.29 is 4.79 Å². The van der Waals surface area contributed by atoms with Crippen LogP contribution in [-0.2, 0) is 0 Å². The molecule has 5 nitrogen and oxygen atoms in total. The number of halogens is 1. The molecule has 0 aliphatic carbocycles. The van der Waals surface area contributed by atoms with Gasteiger partial charge in [0.05, 0.1) is 16.8 Å². The highest BCUT2D eigenvalue weighted by atomic mass is 35.5. The predicted octanol–water partition coefficient (Wildman–Crippen LogP) is 6.92. The van der Waals surface area contributed by atoms with Crippen molar-refractivity contribution in [1.82, 2.24) is 9.99 Å². The molecule has 0 fully saturated rings. The molecule has 4 rings (SSSR count). The molecule has 0 radical (unpaired) electrons. The number of rotatable bonds is 6. The fraction of sp³-hybridized carbons (Fsp3) is 0.310. The third-order valence-electron chi connectivity index (χ3n) is 6.57. The zero-order valence-corrected chi connectivity index (χ0v) is 22.1. The van der Waals surface area contributed by atoms with E-state index in [-0.39, 0.29) is 11.4 Å². The van der Waals surface area contributed by atoms with Gasteiger partial charge < -0.3 is 9.47 Å². The first-order chi connectivity index (χ1) is 16.6. The summed E-state index contributed by atoms with van der Waals surface area (Å²) in [7, 11) is 0. The molecular weight excluding hydrogens is 456 g/mol. The van der Waals surface area contributed by atoms with Gasteiger partial charge in [-0.25, -0.2) is 5.43 Å². The number of hydrazone groups is 1. The van der Waals surface area contributed by atoms with Crippen molar-refractivity contribution in [3.8, 4) is 5.69 Å². The van der Waals surface area contributed by atoms with Crippen molar-refractivity contribution in [2.24, 2.45) is 5.10 Å². The molecule has 1 aliphatic rings. The average molecular weight is 489 g/mol. The van der Waals surface area contributed by atoms with Crippen LogP contribution in [0.4, 0.5) is 5.69 Å². The summed E-state index contributed by atoms with van der Waals surface area (Å²) in [4.78, 5) is 15.0. The molecule has 2 heterocycles. The molecule has 1 aromatic heterocycles. The van der Waals surface area contributed by atoms with Gasteiger partial charge in [-0.2, -0.15) is 5.10 Å². The van der Waals surface area contributed by atoms with Gasteiger partial charge in [-0.15, -0.1) is 0 Å². The number of hydrogen-bond acceptors (Lipinski definition) is 3. The van der Waals surface area contributed by atoms with E-state index < -0.39 is 0 Å². The van der Waals surface area contributed by atoms with Crippen LogP contribution >= 0.6 is 11.6 Å². The molecule has 0 saturated heterocycles. The molecule has 1 aliphatic heterocycles. The van der Waals surface area contributed by atoms with E-state index in [0.29, 0.717) is 10.6 Å². The van der Waals surface area contributed by atoms with Crippen molar-refractivity contribution in [2.45, 2.75) is 53.5 Å². The summed E-state index contributed by atoms with van der Waals surface area (Å²) in [6, 6.07) is 15.7. The molecule has 2 aromatic carbocycles. The number of fused-ring (bicyclic) bond motifs is 1. The molecular formula is C29H33ClN4O. The lowest BCUT2D eigenvalue weighted by atomic mass is 9.88. The van der Waals surface area contributed by atoms with E-state index in [2.05, 4.69) is 79.7 Å². The number of nitrogens with one attached hydrogen (secondary N) is 1. The second-order valence-corrected chi connectivity index (χ2v) is 10.1. The standard InChI is InChI=1S/C29H33ClN4O/c1-7-14-33-27-16-26(30)23(15-25(27)19(2)17-29(33,5)6)18-31-32-28(35)22-10-12-24(13-11-22)34-20(3)8-9-21(34)4/h8-13,15-18H,7,14H2,1-6H3,(H,32,35)/b31-18-. The number of aromatic nitrogens is 1. The molecule has 182 valence electrons. The second-order valence-electron chi connectivity index (χ2n) is 9.72.